The molecule has 0 bridgehead atoms. The molecule has 0 saturated carbocycles. The van der Waals surface area contributed by atoms with E-state index in [2.05, 4.69) is 17.2 Å². The second-order valence-corrected chi connectivity index (χ2v) is 7.61. The second kappa shape index (κ2) is 8.63. The highest BCUT2D eigenvalue weighted by Gasteiger charge is 2.13. The normalized spacial score (nSPS) is 10.8. The molecular formula is C21H22ClN3OS. The third kappa shape index (κ3) is 4.37. The first-order chi connectivity index (χ1) is 13.0. The molecule has 1 heterocycles. The lowest BCUT2D eigenvalue weighted by Crippen LogP contribution is -2.16. The van der Waals surface area contributed by atoms with E-state index in [1.54, 1.807) is 6.20 Å². The molecule has 6 heteroatoms. The van der Waals surface area contributed by atoms with Gasteiger partial charge in [-0.1, -0.05) is 54.6 Å². The molecule has 0 spiro atoms. The van der Waals surface area contributed by atoms with E-state index >= 15 is 0 Å². The van der Waals surface area contributed by atoms with Gasteiger partial charge in [-0.2, -0.15) is 0 Å². The maximum absolute atomic E-state index is 12.5. The predicted octanol–water partition coefficient (Wildman–Crippen LogP) is 5.44. The summed E-state index contributed by atoms with van der Waals surface area (Å²) in [6.07, 6.45) is 4.50. The molecule has 0 fully saturated rings. The highest BCUT2D eigenvalue weighted by Crippen LogP contribution is 2.27. The van der Waals surface area contributed by atoms with Crippen LogP contribution in [-0.2, 0) is 11.2 Å². The van der Waals surface area contributed by atoms with Gasteiger partial charge in [-0.15, -0.1) is 0 Å². The van der Waals surface area contributed by atoms with Crippen LogP contribution in [0.2, 0.25) is 5.02 Å². The van der Waals surface area contributed by atoms with Crippen molar-refractivity contribution < 1.29 is 4.79 Å². The molecule has 27 heavy (non-hydrogen) atoms. The average Bonchev–Trinajstić information content (AvgIpc) is 3.12. The number of hydrogen-bond acceptors (Lipinski definition) is 3. The first-order valence-corrected chi connectivity index (χ1v) is 10.2. The number of thioether (sulfide) groups is 1. The summed E-state index contributed by atoms with van der Waals surface area (Å²) >= 11 is 7.65. The largest absolute Gasteiger partial charge is 0.325 e. The van der Waals surface area contributed by atoms with Crippen LogP contribution in [0.15, 0.2) is 53.9 Å². The Bertz CT molecular complexity index is 968. The number of aryl methyl sites for hydroxylation is 2. The number of anilines is 1. The van der Waals surface area contributed by atoms with Crippen molar-refractivity contribution in [3.05, 3.63) is 70.5 Å². The number of hydrogen-bond donors (Lipinski definition) is 1. The fourth-order valence-electron chi connectivity index (χ4n) is 2.94. The molecule has 1 aromatic heterocycles. The topological polar surface area (TPSA) is 46.9 Å². The van der Waals surface area contributed by atoms with Crippen LogP contribution in [-0.4, -0.2) is 21.2 Å². The maximum Gasteiger partial charge on any atom is 0.234 e. The Morgan fingerprint density at radius 3 is 2.78 bits per heavy atom. The minimum absolute atomic E-state index is 0.0404. The van der Waals surface area contributed by atoms with Crippen molar-refractivity contribution in [2.45, 2.75) is 32.3 Å². The molecule has 2 aromatic carbocycles. The molecule has 0 radical (unpaired) electrons. The summed E-state index contributed by atoms with van der Waals surface area (Å²) in [7, 11) is 0. The van der Waals surface area contributed by atoms with Gasteiger partial charge in [0, 0.05) is 23.1 Å². The first-order valence-electron chi connectivity index (χ1n) is 8.81. The molecular weight excluding hydrogens is 378 g/mol. The molecule has 0 saturated heterocycles. The summed E-state index contributed by atoms with van der Waals surface area (Å²) in [5.41, 5.74) is 5.08. The predicted molar refractivity (Wildman–Crippen MR) is 113 cm³/mol. The summed E-state index contributed by atoms with van der Waals surface area (Å²) in [6, 6.07) is 11.8. The van der Waals surface area contributed by atoms with Crippen molar-refractivity contribution in [3.63, 3.8) is 0 Å². The number of nitrogens with one attached hydrogen (secondary N) is 1. The number of carbonyl (C=O) groups is 1. The molecule has 1 amide bonds. The van der Waals surface area contributed by atoms with Gasteiger partial charge in [-0.05, 0) is 49.1 Å². The first kappa shape index (κ1) is 19.5. The number of halogens is 1. The van der Waals surface area contributed by atoms with Crippen LogP contribution in [0.3, 0.4) is 0 Å². The lowest BCUT2D eigenvalue weighted by molar-refractivity contribution is -0.113. The quantitative estimate of drug-likeness (QED) is 0.561. The standard InChI is InChI=1S/C21H22ClN3OS/c1-4-16-8-5-7-14(2)20(16)24-19(26)13-27-21-23-11-12-25(21)18-10-6-9-17(22)15(18)3/h5-12H,4,13H2,1-3H3,(H,24,26). The van der Waals surface area contributed by atoms with Crippen molar-refractivity contribution in [1.82, 2.24) is 9.55 Å². The minimum atomic E-state index is -0.0404. The lowest BCUT2D eigenvalue weighted by atomic mass is 10.1. The molecule has 0 aliphatic rings. The summed E-state index contributed by atoms with van der Waals surface area (Å²) in [5, 5.41) is 4.52. The Morgan fingerprint density at radius 2 is 2.00 bits per heavy atom. The number of carbonyl (C=O) groups excluding carboxylic acids is 1. The summed E-state index contributed by atoms with van der Waals surface area (Å²) in [4.78, 5) is 16.9. The number of benzene rings is 2. The number of imidazole rings is 1. The Kier molecular flexibility index (Phi) is 6.24. The van der Waals surface area contributed by atoms with Crippen molar-refractivity contribution >= 4 is 35.0 Å². The van der Waals surface area contributed by atoms with Gasteiger partial charge in [-0.3, -0.25) is 9.36 Å². The Balaban J connectivity index is 1.73. The number of rotatable bonds is 6. The highest BCUT2D eigenvalue weighted by atomic mass is 35.5. The van der Waals surface area contributed by atoms with E-state index in [1.807, 2.05) is 61.0 Å². The van der Waals surface area contributed by atoms with Crippen LogP contribution in [0.4, 0.5) is 5.69 Å². The van der Waals surface area contributed by atoms with Crippen LogP contribution in [0.1, 0.15) is 23.6 Å². The molecule has 3 aromatic rings. The molecule has 0 aliphatic heterocycles. The van der Waals surface area contributed by atoms with Gasteiger partial charge in [0.15, 0.2) is 5.16 Å². The van der Waals surface area contributed by atoms with Crippen LogP contribution in [0.25, 0.3) is 5.69 Å². The highest BCUT2D eigenvalue weighted by molar-refractivity contribution is 7.99. The summed E-state index contributed by atoms with van der Waals surface area (Å²) in [6.45, 7) is 6.07. The van der Waals surface area contributed by atoms with E-state index in [0.717, 1.165) is 39.6 Å². The smallest absolute Gasteiger partial charge is 0.234 e. The van der Waals surface area contributed by atoms with Crippen molar-refractivity contribution in [2.24, 2.45) is 0 Å². The molecule has 0 aliphatic carbocycles. The van der Waals surface area contributed by atoms with E-state index in [0.29, 0.717) is 5.02 Å². The van der Waals surface area contributed by atoms with E-state index in [1.165, 1.54) is 11.8 Å². The zero-order chi connectivity index (χ0) is 19.4. The third-order valence-corrected chi connectivity index (χ3v) is 5.82. The molecule has 3 rings (SSSR count). The van der Waals surface area contributed by atoms with E-state index in [4.69, 9.17) is 11.6 Å². The molecule has 4 nitrogen and oxygen atoms in total. The Morgan fingerprint density at radius 1 is 1.22 bits per heavy atom. The molecule has 140 valence electrons. The van der Waals surface area contributed by atoms with Gasteiger partial charge in [0.2, 0.25) is 5.91 Å². The van der Waals surface area contributed by atoms with Gasteiger partial charge in [0.1, 0.15) is 0 Å². The Labute approximate surface area is 169 Å². The zero-order valence-electron chi connectivity index (χ0n) is 15.6. The molecule has 0 atom stereocenters. The van der Waals surface area contributed by atoms with Gasteiger partial charge in [0.05, 0.1) is 11.4 Å². The van der Waals surface area contributed by atoms with Gasteiger partial charge in [0.25, 0.3) is 0 Å². The lowest BCUT2D eigenvalue weighted by Gasteiger charge is -2.13. The van der Waals surface area contributed by atoms with Crippen LogP contribution < -0.4 is 5.32 Å². The maximum atomic E-state index is 12.5. The minimum Gasteiger partial charge on any atom is -0.325 e. The number of aromatic nitrogens is 2. The van der Waals surface area contributed by atoms with Crippen LogP contribution >= 0.6 is 23.4 Å². The van der Waals surface area contributed by atoms with E-state index in [-0.39, 0.29) is 11.7 Å². The fourth-order valence-corrected chi connectivity index (χ4v) is 3.88. The molecule has 0 unspecified atom stereocenters. The monoisotopic (exact) mass is 399 g/mol. The van der Waals surface area contributed by atoms with Gasteiger partial charge < -0.3 is 5.32 Å². The van der Waals surface area contributed by atoms with E-state index in [9.17, 15) is 4.79 Å². The third-order valence-electron chi connectivity index (χ3n) is 4.44. The zero-order valence-corrected chi connectivity index (χ0v) is 17.2. The van der Waals surface area contributed by atoms with Gasteiger partial charge >= 0.3 is 0 Å². The van der Waals surface area contributed by atoms with Crippen molar-refractivity contribution in [3.8, 4) is 5.69 Å². The number of nitrogens with zero attached hydrogens (tertiary/aromatic N) is 2. The van der Waals surface area contributed by atoms with Gasteiger partial charge in [-0.25, -0.2) is 4.98 Å². The SMILES string of the molecule is CCc1cccc(C)c1NC(=O)CSc1nccn1-c1cccc(Cl)c1C. The summed E-state index contributed by atoms with van der Waals surface area (Å²) in [5.74, 6) is 0.245. The number of para-hydroxylation sites is 1. The Hall–Kier alpha value is -2.24. The van der Waals surface area contributed by atoms with Crippen LogP contribution in [0.5, 0.6) is 0 Å². The fraction of sp³-hybridized carbons (Fsp3) is 0.238. The summed E-state index contributed by atoms with van der Waals surface area (Å²) < 4.78 is 1.96. The number of amides is 1. The van der Waals surface area contributed by atoms with Crippen molar-refractivity contribution in [2.75, 3.05) is 11.1 Å². The second-order valence-electron chi connectivity index (χ2n) is 6.26. The van der Waals surface area contributed by atoms with E-state index < -0.39 is 0 Å². The average molecular weight is 400 g/mol. The van der Waals surface area contributed by atoms with Crippen LogP contribution in [0, 0.1) is 13.8 Å². The molecule has 1 N–H and O–H groups in total. The van der Waals surface area contributed by atoms with Crippen molar-refractivity contribution in [1.29, 1.82) is 0 Å².